The number of hydrogen-bond acceptors (Lipinski definition) is 6. The first kappa shape index (κ1) is 46.3. The summed E-state index contributed by atoms with van der Waals surface area (Å²) in [6.07, 6.45) is 0. The minimum atomic E-state index is 0.354. The largest absolute Gasteiger partial charge is 0.489 e. The van der Waals surface area contributed by atoms with E-state index in [-0.39, 0.29) is 0 Å². The molecule has 0 bridgehead atoms. The van der Waals surface area contributed by atoms with Crippen LogP contribution < -0.4 is 14.2 Å². The lowest BCUT2D eigenvalue weighted by molar-refractivity contribution is 0.102. The Hall–Kier alpha value is -4.74. The van der Waals surface area contributed by atoms with Crippen LogP contribution in [0.1, 0.15) is 66.8 Å². The van der Waals surface area contributed by atoms with E-state index in [2.05, 4.69) is 153 Å². The summed E-state index contributed by atoms with van der Waals surface area (Å²) in [5.74, 6) is 2.30. The van der Waals surface area contributed by atoms with Gasteiger partial charge < -0.3 is 28.4 Å². The van der Waals surface area contributed by atoms with Crippen molar-refractivity contribution in [1.29, 1.82) is 0 Å². The predicted octanol–water partition coefficient (Wildman–Crippen LogP) is 14.6. The van der Waals surface area contributed by atoms with Gasteiger partial charge in [0.15, 0.2) is 0 Å². The van der Waals surface area contributed by atoms with Crippen molar-refractivity contribution in [2.75, 3.05) is 0 Å². The molecule has 0 amide bonds. The van der Waals surface area contributed by atoms with Crippen molar-refractivity contribution in [3.05, 3.63) is 227 Å². The molecule has 0 heterocycles. The van der Waals surface area contributed by atoms with Gasteiger partial charge in [-0.15, -0.1) is 0 Å². The summed E-state index contributed by atoms with van der Waals surface area (Å²) in [6, 6.07) is 51.7. The molecule has 0 saturated carbocycles. The lowest BCUT2D eigenvalue weighted by Crippen LogP contribution is -2.03. The molecular weight excluding hydrogens is 984 g/mol. The maximum Gasteiger partial charge on any atom is 0.120 e. The zero-order chi connectivity index (χ0) is 43.8. The van der Waals surface area contributed by atoms with Crippen LogP contribution >= 0.6 is 47.8 Å². The van der Waals surface area contributed by atoms with Gasteiger partial charge in [-0.2, -0.15) is 0 Å². The van der Waals surface area contributed by atoms with Crippen LogP contribution in [0.5, 0.6) is 17.2 Å². The molecule has 0 aromatic heterocycles. The van der Waals surface area contributed by atoms with Gasteiger partial charge in [0.2, 0.25) is 0 Å². The second-order valence-electron chi connectivity index (χ2n) is 15.6. The van der Waals surface area contributed by atoms with E-state index in [1.165, 1.54) is 16.7 Å². The second-order valence-corrected chi connectivity index (χ2v) is 18.0. The van der Waals surface area contributed by atoms with Crippen molar-refractivity contribution >= 4 is 47.8 Å². The molecule has 9 heteroatoms. The van der Waals surface area contributed by atoms with Crippen LogP contribution in [0.15, 0.2) is 161 Å². The monoisotopic (exact) mass is 1030 g/mol. The van der Waals surface area contributed by atoms with Gasteiger partial charge in [0.05, 0.1) is 39.6 Å². The Morgan fingerprint density at radius 1 is 0.349 bits per heavy atom. The fourth-order valence-electron chi connectivity index (χ4n) is 7.06. The molecule has 7 rings (SSSR count). The van der Waals surface area contributed by atoms with E-state index in [1.54, 1.807) is 0 Å². The summed E-state index contributed by atoms with van der Waals surface area (Å²) in [5, 5.41) is 0.683. The predicted molar refractivity (Wildman–Crippen MR) is 261 cm³/mol. The fourth-order valence-corrected chi connectivity index (χ4v) is 8.10. The third-order valence-corrected chi connectivity index (χ3v) is 11.9. The average Bonchev–Trinajstić information content (AvgIpc) is 3.28. The van der Waals surface area contributed by atoms with Gasteiger partial charge in [-0.3, -0.25) is 0 Å². The summed E-state index contributed by atoms with van der Waals surface area (Å²) in [6.45, 7) is 8.20. The number of aryl methyl sites for hydroxylation is 2. The highest BCUT2D eigenvalue weighted by Crippen LogP contribution is 2.27. The molecule has 0 aliphatic heterocycles. The number of rotatable bonds is 22. The van der Waals surface area contributed by atoms with E-state index in [9.17, 15) is 0 Å². The van der Waals surface area contributed by atoms with Gasteiger partial charge in [0.1, 0.15) is 37.1 Å². The van der Waals surface area contributed by atoms with Gasteiger partial charge in [-0.1, -0.05) is 138 Å². The highest BCUT2D eigenvalue weighted by atomic mass is 79.9. The molecule has 0 aliphatic carbocycles. The Morgan fingerprint density at radius 3 is 1.37 bits per heavy atom. The van der Waals surface area contributed by atoms with Gasteiger partial charge in [-0.25, -0.2) is 0 Å². The van der Waals surface area contributed by atoms with Gasteiger partial charge in [0.25, 0.3) is 0 Å². The normalized spacial score (nSPS) is 11.1. The molecule has 6 nitrogen and oxygen atoms in total. The fraction of sp³-hybridized carbons (Fsp3) is 0.222. The van der Waals surface area contributed by atoms with Crippen LogP contribution in [-0.4, -0.2) is 0 Å². The number of ether oxygens (including phenoxy) is 6. The molecule has 0 aliphatic rings. The molecule has 0 spiro atoms. The maximum atomic E-state index is 6.48. The minimum Gasteiger partial charge on any atom is -0.489 e. The van der Waals surface area contributed by atoms with Crippen LogP contribution in [0, 0.1) is 13.8 Å². The van der Waals surface area contributed by atoms with Crippen LogP contribution in [-0.2, 0) is 79.0 Å². The summed E-state index contributed by atoms with van der Waals surface area (Å²) in [4.78, 5) is 0. The highest BCUT2D eigenvalue weighted by Gasteiger charge is 2.10. The maximum absolute atomic E-state index is 6.48. The molecule has 7 aromatic rings. The molecule has 0 unspecified atom stereocenters. The first-order valence-electron chi connectivity index (χ1n) is 20.9. The van der Waals surface area contributed by atoms with Crippen LogP contribution in [0.2, 0.25) is 0 Å². The number of alkyl halides is 1. The van der Waals surface area contributed by atoms with Crippen molar-refractivity contribution in [3.63, 3.8) is 0 Å². The van der Waals surface area contributed by atoms with E-state index >= 15 is 0 Å². The number of benzene rings is 7. The van der Waals surface area contributed by atoms with Crippen molar-refractivity contribution in [2.45, 2.75) is 78.6 Å². The molecule has 0 radical (unpaired) electrons. The Labute approximate surface area is 396 Å². The van der Waals surface area contributed by atoms with Crippen molar-refractivity contribution in [1.82, 2.24) is 0 Å². The van der Waals surface area contributed by atoms with E-state index in [0.717, 1.165) is 76.3 Å². The topological polar surface area (TPSA) is 55.4 Å². The molecule has 0 fully saturated rings. The van der Waals surface area contributed by atoms with Crippen LogP contribution in [0.25, 0.3) is 0 Å². The van der Waals surface area contributed by atoms with E-state index in [1.807, 2.05) is 60.7 Å². The summed E-state index contributed by atoms with van der Waals surface area (Å²) in [7, 11) is 0. The smallest absolute Gasteiger partial charge is 0.120 e. The van der Waals surface area contributed by atoms with Crippen molar-refractivity contribution in [3.8, 4) is 17.2 Å². The zero-order valence-electron chi connectivity index (χ0n) is 35.6. The van der Waals surface area contributed by atoms with Crippen molar-refractivity contribution in [2.24, 2.45) is 0 Å². The third-order valence-electron chi connectivity index (χ3n) is 10.2. The van der Waals surface area contributed by atoms with Crippen LogP contribution in [0.4, 0.5) is 0 Å². The lowest BCUT2D eigenvalue weighted by Gasteiger charge is -2.15. The van der Waals surface area contributed by atoms with E-state index in [0.29, 0.717) is 64.8 Å². The zero-order valence-corrected chi connectivity index (χ0v) is 40.3. The Morgan fingerprint density at radius 2 is 0.810 bits per heavy atom. The molecule has 324 valence electrons. The first-order chi connectivity index (χ1) is 30.7. The van der Waals surface area contributed by atoms with Crippen LogP contribution in [0.3, 0.4) is 0 Å². The minimum absolute atomic E-state index is 0.354. The SMILES string of the molecule is Cc1cccc(COCc2cc(COc3cc(CBr)cc(COCc4cc(COCc5ccccc5C)cc(OCc5ccc(Br)cc5)c4)c3)cc(OCc3cccc(Br)c3)c2)c1. The molecule has 0 saturated heterocycles. The molecule has 0 atom stereocenters. The van der Waals surface area contributed by atoms with E-state index < -0.39 is 0 Å². The third kappa shape index (κ3) is 15.2. The second kappa shape index (κ2) is 23.8. The Kier molecular flexibility index (Phi) is 17.5. The quantitative estimate of drug-likeness (QED) is 0.0631. The number of hydrogen-bond donors (Lipinski definition) is 0. The molecule has 0 N–H and O–H groups in total. The Balaban J connectivity index is 1.01. The first-order valence-corrected chi connectivity index (χ1v) is 23.6. The average molecular weight is 1040 g/mol. The summed E-state index contributed by atoms with van der Waals surface area (Å²) < 4.78 is 39.9. The van der Waals surface area contributed by atoms with Gasteiger partial charge >= 0.3 is 0 Å². The van der Waals surface area contributed by atoms with Crippen molar-refractivity contribution < 1.29 is 28.4 Å². The Bertz CT molecular complexity index is 2560. The molecular formula is C54H51Br3O6. The molecule has 7 aromatic carbocycles. The van der Waals surface area contributed by atoms with Gasteiger partial charge in [-0.05, 0) is 142 Å². The van der Waals surface area contributed by atoms with E-state index in [4.69, 9.17) is 28.4 Å². The summed E-state index contributed by atoms with van der Waals surface area (Å²) >= 11 is 10.8. The standard InChI is InChI=1S/C54H51Br3O6/c1-38-7-5-9-41(17-38)29-58-31-47-20-48(27-54(26-47)62-35-42-10-6-12-51(57)21-42)36-63-52-22-43(28-55)18-44(23-52)30-59-32-45-19-46(33-60-37-49-11-4-3-8-39(49)2)25-53(24-45)61-34-40-13-15-50(56)16-14-40/h3-27H,28-37H2,1-2H3. The highest BCUT2D eigenvalue weighted by molar-refractivity contribution is 9.10. The van der Waals surface area contributed by atoms with Gasteiger partial charge in [0, 0.05) is 14.3 Å². The molecule has 63 heavy (non-hydrogen) atoms. The number of halogens is 3. The lowest BCUT2D eigenvalue weighted by atomic mass is 10.1. The summed E-state index contributed by atoms with van der Waals surface area (Å²) in [5.41, 5.74) is 13.1.